The molecule has 0 aliphatic rings. The van der Waals surface area contributed by atoms with E-state index in [1.165, 1.54) is 4.68 Å². The molecule has 0 aliphatic carbocycles. The number of aryl methyl sites for hydroxylation is 2. The van der Waals surface area contributed by atoms with Crippen LogP contribution in [0.1, 0.15) is 11.3 Å². The lowest BCUT2D eigenvalue weighted by Crippen LogP contribution is -2.23. The molecule has 0 unspecified atom stereocenters. The lowest BCUT2D eigenvalue weighted by atomic mass is 10.3. The summed E-state index contributed by atoms with van der Waals surface area (Å²) in [5.41, 5.74) is 2.22. The van der Waals surface area contributed by atoms with Crippen LogP contribution >= 0.6 is 22.6 Å². The minimum atomic E-state index is 0.403. The molecule has 1 N–H and O–H groups in total. The van der Waals surface area contributed by atoms with E-state index in [1.807, 2.05) is 19.9 Å². The highest BCUT2D eigenvalue weighted by Crippen LogP contribution is 2.06. The Labute approximate surface area is 84.8 Å². The molecular weight excluding hydrogens is 265 g/mol. The Morgan fingerprint density at radius 1 is 1.67 bits per heavy atom. The van der Waals surface area contributed by atoms with Crippen molar-refractivity contribution in [3.05, 3.63) is 29.4 Å². The number of nitrogens with one attached hydrogen (secondary N) is 1. The quantitative estimate of drug-likeness (QED) is 0.781. The number of nitrogens with zero attached hydrogens (tertiary/aromatic N) is 2. The van der Waals surface area contributed by atoms with Gasteiger partial charge in [-0.15, -0.1) is 0 Å². The number of hydrogen-bond acceptors (Lipinski definition) is 2. The van der Waals surface area contributed by atoms with E-state index in [-0.39, 0.29) is 0 Å². The van der Waals surface area contributed by atoms with Gasteiger partial charge >= 0.3 is 0 Å². The van der Waals surface area contributed by atoms with Crippen molar-refractivity contribution >= 4 is 26.3 Å². The molecule has 0 bridgehead atoms. The maximum absolute atomic E-state index is 7.66. The third-order valence-electron chi connectivity index (χ3n) is 1.50. The molecule has 1 aromatic rings. The molecule has 0 saturated carbocycles. The van der Waals surface area contributed by atoms with E-state index >= 15 is 0 Å². The summed E-state index contributed by atoms with van der Waals surface area (Å²) in [5, 5.41) is 11.8. The fourth-order valence-corrected chi connectivity index (χ4v) is 1.31. The van der Waals surface area contributed by atoms with Crippen LogP contribution in [0.4, 0.5) is 0 Å². The van der Waals surface area contributed by atoms with Gasteiger partial charge in [-0.3, -0.25) is 5.41 Å². The van der Waals surface area contributed by atoms with E-state index in [9.17, 15) is 0 Å². The Balaban J connectivity index is 3.49. The van der Waals surface area contributed by atoms with Crippen molar-refractivity contribution in [2.45, 2.75) is 13.8 Å². The third kappa shape index (κ3) is 1.74. The first kappa shape index (κ1) is 9.44. The van der Waals surface area contributed by atoms with Crippen molar-refractivity contribution in [3.63, 3.8) is 0 Å². The monoisotopic (exact) mass is 275 g/mol. The van der Waals surface area contributed by atoms with Crippen LogP contribution in [0.25, 0.3) is 3.70 Å². The van der Waals surface area contributed by atoms with Crippen LogP contribution in [-0.2, 0) is 0 Å². The van der Waals surface area contributed by atoms with Crippen molar-refractivity contribution in [1.29, 1.82) is 5.41 Å². The smallest absolute Gasteiger partial charge is 0.150 e. The summed E-state index contributed by atoms with van der Waals surface area (Å²) in [6, 6.07) is 1.89. The topological polar surface area (TPSA) is 41.7 Å². The van der Waals surface area contributed by atoms with E-state index in [2.05, 4.69) is 34.3 Å². The van der Waals surface area contributed by atoms with E-state index in [0.29, 0.717) is 5.49 Å². The van der Waals surface area contributed by atoms with Crippen molar-refractivity contribution in [3.8, 4) is 0 Å². The lowest BCUT2D eigenvalue weighted by Gasteiger charge is -2.05. The van der Waals surface area contributed by atoms with Gasteiger partial charge in [0, 0.05) is 0 Å². The first-order valence-corrected chi connectivity index (χ1v) is 4.57. The first-order valence-electron chi connectivity index (χ1n) is 3.49. The maximum Gasteiger partial charge on any atom is 0.150 e. The lowest BCUT2D eigenvalue weighted by molar-refractivity contribution is 0.778. The molecule has 0 amide bonds. The molecule has 0 atom stereocenters. The van der Waals surface area contributed by atoms with Crippen molar-refractivity contribution in [2.24, 2.45) is 0 Å². The predicted octanol–water partition coefficient (Wildman–Crippen LogP) is 1.84. The summed E-state index contributed by atoms with van der Waals surface area (Å²) in [4.78, 5) is 0. The first-order chi connectivity index (χ1) is 5.52. The Kier molecular flexibility index (Phi) is 2.66. The number of hydrogen-bond donors (Lipinski definition) is 1. The molecule has 1 rings (SSSR count). The van der Waals surface area contributed by atoms with Crippen LogP contribution in [0.3, 0.4) is 0 Å². The zero-order chi connectivity index (χ0) is 9.30. The summed E-state index contributed by atoms with van der Waals surface area (Å²) in [7, 11) is 0. The molecule has 12 heavy (non-hydrogen) atoms. The molecule has 0 saturated heterocycles. The van der Waals surface area contributed by atoms with E-state index in [0.717, 1.165) is 15.0 Å². The normalized spacial score (nSPS) is 9.92. The van der Waals surface area contributed by atoms with Crippen LogP contribution < -0.4 is 5.49 Å². The van der Waals surface area contributed by atoms with E-state index in [4.69, 9.17) is 5.41 Å². The SMILES string of the molecule is C=C(I)n1nc(C)cc(C)c1=N. The predicted molar refractivity (Wildman–Crippen MR) is 56.9 cm³/mol. The summed E-state index contributed by atoms with van der Waals surface area (Å²) in [5.74, 6) is 0. The van der Waals surface area contributed by atoms with E-state index in [1.54, 1.807) is 0 Å². The van der Waals surface area contributed by atoms with Crippen LogP contribution in [0, 0.1) is 19.3 Å². The zero-order valence-corrected chi connectivity index (χ0v) is 9.21. The molecule has 0 aromatic carbocycles. The highest BCUT2D eigenvalue weighted by Gasteiger charge is 1.99. The van der Waals surface area contributed by atoms with Gasteiger partial charge in [-0.25, -0.2) is 4.68 Å². The van der Waals surface area contributed by atoms with Crippen molar-refractivity contribution in [2.75, 3.05) is 0 Å². The molecular formula is C8H10IN3. The van der Waals surface area contributed by atoms with Gasteiger partial charge in [-0.2, -0.15) is 5.10 Å². The van der Waals surface area contributed by atoms with Crippen LogP contribution in [-0.4, -0.2) is 9.78 Å². The third-order valence-corrected chi connectivity index (χ3v) is 1.96. The number of halogens is 1. The molecule has 4 heteroatoms. The molecule has 1 aromatic heterocycles. The second-order valence-electron chi connectivity index (χ2n) is 2.61. The Morgan fingerprint density at radius 2 is 2.25 bits per heavy atom. The average molecular weight is 275 g/mol. The van der Waals surface area contributed by atoms with Crippen LogP contribution in [0.2, 0.25) is 0 Å². The summed E-state index contributed by atoms with van der Waals surface area (Å²) < 4.78 is 2.27. The van der Waals surface area contributed by atoms with Gasteiger partial charge in [0.15, 0.2) is 0 Å². The van der Waals surface area contributed by atoms with Gasteiger partial charge in [0.2, 0.25) is 0 Å². The minimum absolute atomic E-state index is 0.403. The van der Waals surface area contributed by atoms with Gasteiger partial charge < -0.3 is 0 Å². The second-order valence-corrected chi connectivity index (χ2v) is 3.85. The molecule has 0 spiro atoms. The van der Waals surface area contributed by atoms with Crippen LogP contribution in [0.5, 0.6) is 0 Å². The molecule has 0 aliphatic heterocycles. The average Bonchev–Trinajstić information content (AvgIpc) is 1.96. The van der Waals surface area contributed by atoms with Gasteiger partial charge in [-0.05, 0) is 48.1 Å². The highest BCUT2D eigenvalue weighted by atomic mass is 127. The number of aromatic nitrogens is 2. The number of rotatable bonds is 1. The fraction of sp³-hybridized carbons (Fsp3) is 0.250. The largest absolute Gasteiger partial charge is 0.283 e. The minimum Gasteiger partial charge on any atom is -0.283 e. The Morgan fingerprint density at radius 3 is 2.75 bits per heavy atom. The highest BCUT2D eigenvalue weighted by molar-refractivity contribution is 14.1. The molecule has 0 radical (unpaired) electrons. The molecule has 1 heterocycles. The molecule has 0 fully saturated rings. The van der Waals surface area contributed by atoms with Crippen molar-refractivity contribution < 1.29 is 0 Å². The zero-order valence-electron chi connectivity index (χ0n) is 7.06. The van der Waals surface area contributed by atoms with E-state index < -0.39 is 0 Å². The maximum atomic E-state index is 7.66. The second kappa shape index (κ2) is 3.38. The van der Waals surface area contributed by atoms with Gasteiger partial charge in [-0.1, -0.05) is 6.58 Å². The van der Waals surface area contributed by atoms with Crippen LogP contribution in [0.15, 0.2) is 12.6 Å². The molecule has 3 nitrogen and oxygen atoms in total. The standard InChI is InChI=1S/C8H10IN3/c1-5-4-6(2)11-12(7(3)9)8(5)10/h4,10H,3H2,1-2H3. The molecule has 64 valence electrons. The van der Waals surface area contributed by atoms with Gasteiger partial charge in [0.25, 0.3) is 0 Å². The summed E-state index contributed by atoms with van der Waals surface area (Å²) in [6.07, 6.45) is 0. The summed E-state index contributed by atoms with van der Waals surface area (Å²) in [6.45, 7) is 7.54. The Bertz CT molecular complexity index is 378. The van der Waals surface area contributed by atoms with Crippen molar-refractivity contribution in [1.82, 2.24) is 9.78 Å². The fourth-order valence-electron chi connectivity index (χ4n) is 0.961. The Hall–Kier alpha value is -0.650. The van der Waals surface area contributed by atoms with Gasteiger partial charge in [0.05, 0.1) is 9.40 Å². The van der Waals surface area contributed by atoms with Gasteiger partial charge in [0.1, 0.15) is 5.49 Å². The summed E-state index contributed by atoms with van der Waals surface area (Å²) >= 11 is 2.05.